The molecule has 158 valence electrons. The van der Waals surface area contributed by atoms with Gasteiger partial charge in [0.1, 0.15) is 5.52 Å². The summed E-state index contributed by atoms with van der Waals surface area (Å²) in [7, 11) is 1.98. The van der Waals surface area contributed by atoms with Crippen LogP contribution in [0.3, 0.4) is 0 Å². The van der Waals surface area contributed by atoms with Gasteiger partial charge in [0.05, 0.1) is 23.3 Å². The highest BCUT2D eigenvalue weighted by Crippen LogP contribution is 2.36. The van der Waals surface area contributed by atoms with Crippen molar-refractivity contribution in [3.8, 4) is 0 Å². The first-order valence-electron chi connectivity index (χ1n) is 11.3. The van der Waals surface area contributed by atoms with Gasteiger partial charge in [0, 0.05) is 38.2 Å². The Morgan fingerprint density at radius 3 is 2.40 bits per heavy atom. The number of hydrogen-bond donors (Lipinski definition) is 0. The van der Waals surface area contributed by atoms with Crippen molar-refractivity contribution in [1.29, 1.82) is 0 Å². The largest absolute Gasteiger partial charge is 0.340 e. The molecule has 0 amide bonds. The van der Waals surface area contributed by atoms with Crippen LogP contribution in [-0.4, -0.2) is 42.8 Å². The molecule has 1 aliphatic heterocycles. The molecule has 7 heteroatoms. The topological polar surface area (TPSA) is 72.6 Å². The van der Waals surface area contributed by atoms with Crippen LogP contribution in [0.1, 0.15) is 79.4 Å². The van der Waals surface area contributed by atoms with E-state index in [-0.39, 0.29) is 0 Å². The number of aromatic nitrogens is 6. The maximum atomic E-state index is 5.14. The monoisotopic (exact) mass is 405 g/mol. The van der Waals surface area contributed by atoms with Gasteiger partial charge in [0.15, 0.2) is 5.65 Å². The van der Waals surface area contributed by atoms with Crippen molar-refractivity contribution in [2.24, 2.45) is 7.05 Å². The molecule has 3 aromatic rings. The lowest BCUT2D eigenvalue weighted by atomic mass is 9.86. The molecule has 4 heterocycles. The summed E-state index contributed by atoms with van der Waals surface area (Å²) in [4.78, 5) is 22.1. The third-order valence-electron chi connectivity index (χ3n) is 6.85. The predicted molar refractivity (Wildman–Crippen MR) is 118 cm³/mol. The second kappa shape index (κ2) is 7.93. The average molecular weight is 406 g/mol. The first-order valence-corrected chi connectivity index (χ1v) is 11.3. The molecule has 2 fully saturated rings. The Labute approximate surface area is 178 Å². The van der Waals surface area contributed by atoms with Crippen molar-refractivity contribution >= 4 is 17.1 Å². The van der Waals surface area contributed by atoms with E-state index in [1.54, 1.807) is 0 Å². The molecule has 1 aliphatic carbocycles. The summed E-state index contributed by atoms with van der Waals surface area (Å²) in [6.07, 6.45) is 12.7. The highest BCUT2D eigenvalue weighted by atomic mass is 15.3. The number of anilines is 1. The fourth-order valence-electron chi connectivity index (χ4n) is 5.01. The first kappa shape index (κ1) is 19.4. The van der Waals surface area contributed by atoms with Gasteiger partial charge in [-0.2, -0.15) is 10.1 Å². The molecule has 3 aromatic heterocycles. The number of piperidine rings is 1. The van der Waals surface area contributed by atoms with Crippen LogP contribution in [0.25, 0.3) is 11.2 Å². The van der Waals surface area contributed by atoms with Crippen molar-refractivity contribution in [2.45, 2.75) is 70.6 Å². The van der Waals surface area contributed by atoms with E-state index in [1.165, 1.54) is 44.1 Å². The molecular formula is C23H31N7. The maximum absolute atomic E-state index is 5.14. The molecule has 1 saturated heterocycles. The van der Waals surface area contributed by atoms with Crippen LogP contribution in [0, 0.1) is 13.8 Å². The van der Waals surface area contributed by atoms with E-state index in [2.05, 4.69) is 16.2 Å². The van der Waals surface area contributed by atoms with Gasteiger partial charge in [-0.05, 0) is 45.1 Å². The number of aryl methyl sites for hydroxylation is 3. The fraction of sp³-hybridized carbons (Fsp3) is 0.609. The van der Waals surface area contributed by atoms with Crippen LogP contribution >= 0.6 is 0 Å². The maximum Gasteiger partial charge on any atom is 0.227 e. The Morgan fingerprint density at radius 1 is 0.867 bits per heavy atom. The summed E-state index contributed by atoms with van der Waals surface area (Å²) < 4.78 is 1.89. The van der Waals surface area contributed by atoms with E-state index in [1.807, 2.05) is 31.8 Å². The van der Waals surface area contributed by atoms with Gasteiger partial charge in [-0.1, -0.05) is 19.3 Å². The zero-order valence-electron chi connectivity index (χ0n) is 18.3. The molecule has 0 bridgehead atoms. The van der Waals surface area contributed by atoms with Crippen LogP contribution in [-0.2, 0) is 7.05 Å². The second-order valence-corrected chi connectivity index (χ2v) is 9.04. The van der Waals surface area contributed by atoms with E-state index in [0.717, 1.165) is 53.7 Å². The zero-order chi connectivity index (χ0) is 20.7. The highest BCUT2D eigenvalue weighted by molar-refractivity contribution is 5.75. The van der Waals surface area contributed by atoms with Crippen LogP contribution < -0.4 is 4.90 Å². The SMILES string of the molecule is Cc1nc2nc(N3CCCC(c4cnn(C)c4)C3)nc(C3CCCCC3)c2nc1C. The number of hydrogen-bond acceptors (Lipinski definition) is 6. The number of nitrogens with zero attached hydrogens (tertiary/aromatic N) is 7. The van der Waals surface area contributed by atoms with Gasteiger partial charge in [-0.3, -0.25) is 4.68 Å². The van der Waals surface area contributed by atoms with E-state index < -0.39 is 0 Å². The lowest BCUT2D eigenvalue weighted by Crippen LogP contribution is -2.36. The summed E-state index contributed by atoms with van der Waals surface area (Å²) in [5.74, 6) is 1.77. The molecule has 5 rings (SSSR count). The Balaban J connectivity index is 1.54. The smallest absolute Gasteiger partial charge is 0.227 e. The minimum atomic E-state index is 0.468. The molecule has 0 N–H and O–H groups in total. The zero-order valence-corrected chi connectivity index (χ0v) is 18.3. The summed E-state index contributed by atoms with van der Waals surface area (Å²) in [5.41, 5.74) is 6.02. The van der Waals surface area contributed by atoms with E-state index >= 15 is 0 Å². The highest BCUT2D eigenvalue weighted by Gasteiger charge is 2.27. The van der Waals surface area contributed by atoms with Crippen molar-refractivity contribution in [1.82, 2.24) is 29.7 Å². The second-order valence-electron chi connectivity index (χ2n) is 9.04. The van der Waals surface area contributed by atoms with Gasteiger partial charge < -0.3 is 4.90 Å². The first-order chi connectivity index (χ1) is 14.6. The lowest BCUT2D eigenvalue weighted by Gasteiger charge is -2.33. The Morgan fingerprint density at radius 2 is 1.63 bits per heavy atom. The molecule has 1 atom stereocenters. The average Bonchev–Trinajstić information content (AvgIpc) is 3.21. The van der Waals surface area contributed by atoms with Crippen molar-refractivity contribution < 1.29 is 0 Å². The van der Waals surface area contributed by atoms with Crippen LogP contribution in [0.2, 0.25) is 0 Å². The van der Waals surface area contributed by atoms with Gasteiger partial charge >= 0.3 is 0 Å². The summed E-state index contributed by atoms with van der Waals surface area (Å²) >= 11 is 0. The Hall–Kier alpha value is -2.57. The van der Waals surface area contributed by atoms with Gasteiger partial charge in [-0.15, -0.1) is 0 Å². The molecule has 0 aromatic carbocycles. The lowest BCUT2D eigenvalue weighted by molar-refractivity contribution is 0.437. The molecule has 30 heavy (non-hydrogen) atoms. The van der Waals surface area contributed by atoms with Crippen LogP contribution in [0.15, 0.2) is 12.4 Å². The van der Waals surface area contributed by atoms with Crippen molar-refractivity contribution in [3.05, 3.63) is 35.0 Å². The molecule has 1 unspecified atom stereocenters. The van der Waals surface area contributed by atoms with Crippen molar-refractivity contribution in [2.75, 3.05) is 18.0 Å². The summed E-state index contributed by atoms with van der Waals surface area (Å²) in [5, 5.41) is 4.37. The Kier molecular flexibility index (Phi) is 5.13. The van der Waals surface area contributed by atoms with Crippen LogP contribution in [0.4, 0.5) is 5.95 Å². The van der Waals surface area contributed by atoms with Gasteiger partial charge in [-0.25, -0.2) is 15.0 Å². The summed E-state index contributed by atoms with van der Waals surface area (Å²) in [6.45, 7) is 5.97. The van der Waals surface area contributed by atoms with Gasteiger partial charge in [0.2, 0.25) is 5.95 Å². The third kappa shape index (κ3) is 3.66. The van der Waals surface area contributed by atoms with E-state index in [9.17, 15) is 0 Å². The molecule has 1 saturated carbocycles. The molecule has 0 spiro atoms. The molecule has 2 aliphatic rings. The normalized spacial score (nSPS) is 20.8. The fourth-order valence-corrected chi connectivity index (χ4v) is 5.01. The summed E-state index contributed by atoms with van der Waals surface area (Å²) in [6, 6.07) is 0. The standard InChI is InChI=1S/C23H31N7/c1-15-16(2)26-22-21(25-15)20(17-8-5-4-6-9-17)27-23(28-22)30-11-7-10-18(14-30)19-12-24-29(3)13-19/h12-13,17-18H,4-11,14H2,1-3H3. The molecular weight excluding hydrogens is 374 g/mol. The quantitative estimate of drug-likeness (QED) is 0.650. The van der Waals surface area contributed by atoms with Gasteiger partial charge in [0.25, 0.3) is 0 Å². The predicted octanol–water partition coefficient (Wildman–Crippen LogP) is 4.20. The molecule has 0 radical (unpaired) electrons. The van der Waals surface area contributed by atoms with Crippen LogP contribution in [0.5, 0.6) is 0 Å². The molecule has 7 nitrogen and oxygen atoms in total. The van der Waals surface area contributed by atoms with E-state index in [4.69, 9.17) is 19.9 Å². The Bertz CT molecular complexity index is 1050. The van der Waals surface area contributed by atoms with Crippen molar-refractivity contribution in [3.63, 3.8) is 0 Å². The number of rotatable bonds is 3. The number of fused-ring (bicyclic) bond motifs is 1. The minimum Gasteiger partial charge on any atom is -0.340 e. The van der Waals surface area contributed by atoms with E-state index in [0.29, 0.717) is 11.8 Å². The minimum absolute atomic E-state index is 0.468. The third-order valence-corrected chi connectivity index (χ3v) is 6.85.